The van der Waals surface area contributed by atoms with Crippen LogP contribution in [0.2, 0.25) is 5.02 Å². The Morgan fingerprint density at radius 3 is 2.37 bits per heavy atom. The number of amides is 2. The zero-order valence-corrected chi connectivity index (χ0v) is 22.2. The Balaban J connectivity index is 1.71. The van der Waals surface area contributed by atoms with Crippen molar-refractivity contribution in [2.24, 2.45) is 0 Å². The second-order valence-corrected chi connectivity index (χ2v) is 9.54. The van der Waals surface area contributed by atoms with Crippen LogP contribution in [0.25, 0.3) is 11.1 Å². The van der Waals surface area contributed by atoms with Crippen LogP contribution in [-0.4, -0.2) is 29.7 Å². The van der Waals surface area contributed by atoms with Crippen LogP contribution in [0, 0.1) is 18.3 Å². The number of pyridine rings is 1. The number of aromatic nitrogens is 1. The second-order valence-electron chi connectivity index (χ2n) is 8.14. The maximum Gasteiger partial charge on any atom is 0.258 e. The number of ether oxygens (including phenoxy) is 1. The summed E-state index contributed by atoms with van der Waals surface area (Å²) in [4.78, 5) is 30.7. The molecule has 0 unspecified atom stereocenters. The monoisotopic (exact) mass is 542 g/mol. The number of aryl methyl sites for hydroxylation is 1. The van der Waals surface area contributed by atoms with Crippen LogP contribution in [0.4, 0.5) is 11.4 Å². The molecule has 0 bridgehead atoms. The number of carbonyl (C=O) groups excluding carboxylic acids is 2. The molecule has 2 N–H and O–H groups in total. The van der Waals surface area contributed by atoms with Crippen LogP contribution < -0.4 is 15.4 Å². The Hall–Kier alpha value is -4.32. The maximum absolute atomic E-state index is 13.5. The van der Waals surface area contributed by atoms with Crippen LogP contribution in [-0.2, 0) is 4.79 Å². The Labute approximate surface area is 229 Å². The van der Waals surface area contributed by atoms with Crippen molar-refractivity contribution in [3.63, 3.8) is 0 Å². The van der Waals surface area contributed by atoms with E-state index in [0.717, 1.165) is 11.8 Å². The fourth-order valence-electron chi connectivity index (χ4n) is 3.82. The molecule has 0 saturated heterocycles. The molecule has 4 rings (SSSR count). The molecule has 0 aliphatic carbocycles. The lowest BCUT2D eigenvalue weighted by Crippen LogP contribution is -2.18. The minimum atomic E-state index is -0.390. The van der Waals surface area contributed by atoms with Crippen LogP contribution in [0.1, 0.15) is 21.6 Å². The van der Waals surface area contributed by atoms with Crippen LogP contribution >= 0.6 is 23.4 Å². The molecule has 0 saturated carbocycles. The fraction of sp³-hybridized carbons (Fsp3) is 0.103. The summed E-state index contributed by atoms with van der Waals surface area (Å²) in [6.45, 7) is 1.71. The summed E-state index contributed by atoms with van der Waals surface area (Å²) in [5.74, 6) is -0.0255. The number of carbonyl (C=O) groups is 2. The van der Waals surface area contributed by atoms with E-state index in [4.69, 9.17) is 16.3 Å². The molecule has 38 heavy (non-hydrogen) atoms. The van der Waals surface area contributed by atoms with Crippen LogP contribution in [0.5, 0.6) is 5.75 Å². The minimum absolute atomic E-state index is 0.00520. The van der Waals surface area contributed by atoms with E-state index in [1.54, 1.807) is 74.7 Å². The quantitative estimate of drug-likeness (QED) is 0.244. The van der Waals surface area contributed by atoms with E-state index >= 15 is 0 Å². The van der Waals surface area contributed by atoms with Crippen molar-refractivity contribution in [1.29, 1.82) is 5.26 Å². The zero-order valence-electron chi connectivity index (χ0n) is 20.6. The predicted molar refractivity (Wildman–Crippen MR) is 151 cm³/mol. The van der Waals surface area contributed by atoms with Gasteiger partial charge in [-0.05, 0) is 55.0 Å². The van der Waals surface area contributed by atoms with Crippen LogP contribution in [0.15, 0.2) is 83.9 Å². The predicted octanol–water partition coefficient (Wildman–Crippen LogP) is 6.57. The molecule has 0 atom stereocenters. The van der Waals surface area contributed by atoms with Gasteiger partial charge in [-0.15, -0.1) is 0 Å². The topological polar surface area (TPSA) is 104 Å². The van der Waals surface area contributed by atoms with Gasteiger partial charge in [0.05, 0.1) is 29.7 Å². The van der Waals surface area contributed by atoms with Crippen molar-refractivity contribution in [3.05, 3.63) is 101 Å². The largest absolute Gasteiger partial charge is 0.497 e. The molecular weight excluding hydrogens is 520 g/mol. The SMILES string of the molecule is COc1ccc(-c2c(C#N)c(SCC(=O)Nc3cccc(Cl)c3)nc(C)c2C(=O)Nc2ccccc2)cc1. The van der Waals surface area contributed by atoms with Crippen LogP contribution in [0.3, 0.4) is 0 Å². The highest BCUT2D eigenvalue weighted by Gasteiger charge is 2.25. The van der Waals surface area contributed by atoms with Gasteiger partial charge in [-0.2, -0.15) is 5.26 Å². The molecule has 7 nitrogen and oxygen atoms in total. The van der Waals surface area contributed by atoms with Crippen molar-refractivity contribution in [1.82, 2.24) is 4.98 Å². The average molecular weight is 543 g/mol. The highest BCUT2D eigenvalue weighted by atomic mass is 35.5. The Kier molecular flexibility index (Phi) is 8.64. The van der Waals surface area contributed by atoms with E-state index in [-0.39, 0.29) is 22.8 Å². The van der Waals surface area contributed by atoms with Gasteiger partial charge >= 0.3 is 0 Å². The normalized spacial score (nSPS) is 10.4. The first kappa shape index (κ1) is 26.7. The second kappa shape index (κ2) is 12.3. The van der Waals surface area contributed by atoms with Crippen molar-refractivity contribution in [2.45, 2.75) is 11.9 Å². The first-order valence-corrected chi connectivity index (χ1v) is 12.9. The lowest BCUT2D eigenvalue weighted by Gasteiger charge is -2.17. The number of hydrogen-bond donors (Lipinski definition) is 2. The number of rotatable bonds is 8. The maximum atomic E-state index is 13.5. The van der Waals surface area contributed by atoms with Gasteiger partial charge in [0.15, 0.2) is 0 Å². The number of hydrogen-bond acceptors (Lipinski definition) is 6. The lowest BCUT2D eigenvalue weighted by atomic mass is 9.94. The summed E-state index contributed by atoms with van der Waals surface area (Å²) < 4.78 is 5.27. The lowest BCUT2D eigenvalue weighted by molar-refractivity contribution is -0.113. The standard InChI is InChI=1S/C29H23ClN4O3S/c1-18-26(28(36)34-21-8-4-3-5-9-21)27(19-11-13-23(37-2)14-12-19)24(16-31)29(32-18)38-17-25(35)33-22-10-6-7-20(30)15-22/h3-15H,17H2,1-2H3,(H,33,35)(H,34,36). The van der Waals surface area contributed by atoms with Gasteiger partial charge < -0.3 is 15.4 Å². The first-order chi connectivity index (χ1) is 18.4. The van der Waals surface area contributed by atoms with Crippen molar-refractivity contribution < 1.29 is 14.3 Å². The summed E-state index contributed by atoms with van der Waals surface area (Å²) >= 11 is 7.12. The van der Waals surface area contributed by atoms with Crippen molar-refractivity contribution in [2.75, 3.05) is 23.5 Å². The highest BCUT2D eigenvalue weighted by Crippen LogP contribution is 2.36. The number of halogens is 1. The summed E-state index contributed by atoms with van der Waals surface area (Å²) in [6.07, 6.45) is 0. The molecule has 2 amide bonds. The molecule has 1 heterocycles. The van der Waals surface area contributed by atoms with Gasteiger partial charge in [0.25, 0.3) is 5.91 Å². The van der Waals surface area contributed by atoms with E-state index in [1.807, 2.05) is 18.2 Å². The van der Waals surface area contributed by atoms with E-state index in [9.17, 15) is 14.9 Å². The Morgan fingerprint density at radius 1 is 1.00 bits per heavy atom. The van der Waals surface area contributed by atoms with E-state index in [1.165, 1.54) is 0 Å². The van der Waals surface area contributed by atoms with E-state index in [2.05, 4.69) is 21.7 Å². The minimum Gasteiger partial charge on any atom is -0.497 e. The molecule has 3 aromatic carbocycles. The summed E-state index contributed by atoms with van der Waals surface area (Å²) in [5, 5.41) is 16.7. The van der Waals surface area contributed by atoms with Gasteiger partial charge in [-0.1, -0.05) is 59.8 Å². The number of nitrogens with one attached hydrogen (secondary N) is 2. The van der Waals surface area contributed by atoms with E-state index in [0.29, 0.717) is 44.0 Å². The number of nitriles is 1. The highest BCUT2D eigenvalue weighted by molar-refractivity contribution is 8.00. The number of methoxy groups -OCH3 is 1. The molecule has 1 aromatic heterocycles. The number of nitrogens with zero attached hydrogens (tertiary/aromatic N) is 2. The molecule has 4 aromatic rings. The number of benzene rings is 3. The molecule has 0 aliphatic rings. The van der Waals surface area contributed by atoms with Gasteiger partial charge in [0, 0.05) is 22.0 Å². The molecule has 0 aliphatic heterocycles. The van der Waals surface area contributed by atoms with Gasteiger partial charge in [-0.25, -0.2) is 4.98 Å². The van der Waals surface area contributed by atoms with Gasteiger partial charge in [0.2, 0.25) is 5.91 Å². The fourth-order valence-corrected chi connectivity index (χ4v) is 4.85. The molecule has 0 radical (unpaired) electrons. The molecular formula is C29H23ClN4O3S. The third kappa shape index (κ3) is 6.32. The zero-order chi connectivity index (χ0) is 27.1. The smallest absolute Gasteiger partial charge is 0.258 e. The number of para-hydroxylation sites is 1. The van der Waals surface area contributed by atoms with Crippen molar-refractivity contribution >= 4 is 46.6 Å². The van der Waals surface area contributed by atoms with E-state index < -0.39 is 5.91 Å². The summed E-state index contributed by atoms with van der Waals surface area (Å²) in [7, 11) is 1.56. The Morgan fingerprint density at radius 2 is 1.71 bits per heavy atom. The van der Waals surface area contributed by atoms with Gasteiger partial charge in [-0.3, -0.25) is 9.59 Å². The molecule has 9 heteroatoms. The molecule has 190 valence electrons. The third-order valence-corrected chi connectivity index (χ3v) is 6.75. The first-order valence-electron chi connectivity index (χ1n) is 11.5. The third-order valence-electron chi connectivity index (χ3n) is 5.54. The Bertz CT molecular complexity index is 1520. The summed E-state index contributed by atoms with van der Waals surface area (Å²) in [5.41, 5.74) is 3.20. The van der Waals surface area contributed by atoms with Gasteiger partial charge in [0.1, 0.15) is 16.8 Å². The summed E-state index contributed by atoms with van der Waals surface area (Å²) in [6, 6.07) is 25.2. The molecule has 0 spiro atoms. The number of anilines is 2. The number of thioether (sulfide) groups is 1. The average Bonchev–Trinajstić information content (AvgIpc) is 2.92. The molecule has 0 fully saturated rings. The van der Waals surface area contributed by atoms with Crippen molar-refractivity contribution in [3.8, 4) is 22.9 Å².